The van der Waals surface area contributed by atoms with Crippen molar-refractivity contribution in [2.45, 2.75) is 65.0 Å². The maximum atomic E-state index is 6.51. The Kier molecular flexibility index (Phi) is 6.52. The van der Waals surface area contributed by atoms with Crippen molar-refractivity contribution in [1.82, 2.24) is 0 Å². The summed E-state index contributed by atoms with van der Waals surface area (Å²) in [4.78, 5) is 2.47. The van der Waals surface area contributed by atoms with E-state index in [1.807, 2.05) is 6.08 Å². The maximum Gasteiger partial charge on any atom is 0.192 e. The molecule has 1 aliphatic rings. The Labute approximate surface area is 155 Å². The van der Waals surface area contributed by atoms with Crippen LogP contribution in [0.2, 0.25) is 18.1 Å². The van der Waals surface area contributed by atoms with E-state index in [4.69, 9.17) is 9.16 Å². The second-order valence-corrected chi connectivity index (χ2v) is 13.2. The van der Waals surface area contributed by atoms with E-state index in [9.17, 15) is 0 Å². The average molecular weight is 362 g/mol. The predicted molar refractivity (Wildman–Crippen MR) is 110 cm³/mol. The number of hydrogen-bond donors (Lipinski definition) is 0. The number of fused-ring (bicyclic) bond motifs is 1. The quantitative estimate of drug-likeness (QED) is 0.460. The topological polar surface area (TPSA) is 21.7 Å². The van der Waals surface area contributed by atoms with Crippen LogP contribution in [-0.4, -0.2) is 28.0 Å². The van der Waals surface area contributed by atoms with Crippen molar-refractivity contribution in [3.8, 4) is 0 Å². The number of ether oxygens (including phenoxy) is 1. The second kappa shape index (κ2) is 8.06. The van der Waals surface area contributed by atoms with Crippen LogP contribution in [0.1, 0.15) is 51.3 Å². The van der Waals surface area contributed by atoms with Crippen molar-refractivity contribution in [1.29, 1.82) is 0 Å². The third-order valence-corrected chi connectivity index (χ3v) is 10.1. The van der Waals surface area contributed by atoms with E-state index in [0.29, 0.717) is 13.2 Å². The van der Waals surface area contributed by atoms with Gasteiger partial charge in [-0.2, -0.15) is 0 Å². The van der Waals surface area contributed by atoms with Gasteiger partial charge in [-0.1, -0.05) is 45.0 Å². The van der Waals surface area contributed by atoms with Gasteiger partial charge < -0.3 is 14.1 Å². The Bertz CT molecular complexity index is 592. The molecule has 0 saturated carbocycles. The summed E-state index contributed by atoms with van der Waals surface area (Å²) in [6.07, 6.45) is 3.01. The van der Waals surface area contributed by atoms with Crippen LogP contribution < -0.4 is 4.90 Å². The SMILES string of the molecule is C=CCOC1CCN(CC)c2c(CO[Si](C)(C)C(C)(C)C)cccc21. The minimum absolute atomic E-state index is 0.156. The molecule has 0 amide bonds. The van der Waals surface area contributed by atoms with Gasteiger partial charge in [0, 0.05) is 29.9 Å². The van der Waals surface area contributed by atoms with E-state index in [2.05, 4.69) is 70.5 Å². The first-order chi connectivity index (χ1) is 11.7. The van der Waals surface area contributed by atoms with Crippen molar-refractivity contribution in [3.63, 3.8) is 0 Å². The molecule has 1 atom stereocenters. The van der Waals surface area contributed by atoms with E-state index >= 15 is 0 Å². The summed E-state index contributed by atoms with van der Waals surface area (Å²) in [6.45, 7) is 20.8. The lowest BCUT2D eigenvalue weighted by molar-refractivity contribution is 0.0658. The molecular formula is C21H35NO2Si. The van der Waals surface area contributed by atoms with Gasteiger partial charge in [0.15, 0.2) is 8.32 Å². The molecule has 1 heterocycles. The third-order valence-electron chi connectivity index (χ3n) is 5.67. The molecule has 1 aliphatic heterocycles. The van der Waals surface area contributed by atoms with Crippen LogP contribution in [0.4, 0.5) is 5.69 Å². The smallest absolute Gasteiger partial charge is 0.192 e. The van der Waals surface area contributed by atoms with E-state index in [1.165, 1.54) is 16.8 Å². The average Bonchev–Trinajstić information content (AvgIpc) is 2.56. The molecule has 1 aromatic rings. The van der Waals surface area contributed by atoms with Crippen molar-refractivity contribution >= 4 is 14.0 Å². The highest BCUT2D eigenvalue weighted by molar-refractivity contribution is 6.74. The van der Waals surface area contributed by atoms with Gasteiger partial charge in [0.05, 0.1) is 19.3 Å². The van der Waals surface area contributed by atoms with Crippen molar-refractivity contribution in [3.05, 3.63) is 42.0 Å². The van der Waals surface area contributed by atoms with Crippen LogP contribution in [0, 0.1) is 0 Å². The number of hydrogen-bond acceptors (Lipinski definition) is 3. The minimum Gasteiger partial charge on any atom is -0.412 e. The Morgan fingerprint density at radius 1 is 1.32 bits per heavy atom. The van der Waals surface area contributed by atoms with E-state index < -0.39 is 8.32 Å². The molecule has 25 heavy (non-hydrogen) atoms. The molecule has 0 aromatic heterocycles. The molecule has 4 heteroatoms. The summed E-state index contributed by atoms with van der Waals surface area (Å²) >= 11 is 0. The maximum absolute atomic E-state index is 6.51. The number of para-hydroxylation sites is 1. The molecule has 0 fully saturated rings. The highest BCUT2D eigenvalue weighted by Crippen LogP contribution is 2.41. The summed E-state index contributed by atoms with van der Waals surface area (Å²) in [7, 11) is -1.77. The first kappa shape index (κ1) is 20.2. The lowest BCUT2D eigenvalue weighted by atomic mass is 9.95. The third kappa shape index (κ3) is 4.55. The predicted octanol–water partition coefficient (Wildman–Crippen LogP) is 5.68. The summed E-state index contributed by atoms with van der Waals surface area (Å²) in [6, 6.07) is 6.57. The molecule has 0 spiro atoms. The van der Waals surface area contributed by atoms with Crippen LogP contribution in [-0.2, 0) is 15.8 Å². The first-order valence-corrected chi connectivity index (χ1v) is 12.3. The zero-order valence-electron chi connectivity index (χ0n) is 16.9. The molecule has 0 bridgehead atoms. The van der Waals surface area contributed by atoms with Gasteiger partial charge in [0.25, 0.3) is 0 Å². The zero-order chi connectivity index (χ0) is 18.7. The van der Waals surface area contributed by atoms with Gasteiger partial charge in [-0.15, -0.1) is 6.58 Å². The summed E-state index contributed by atoms with van der Waals surface area (Å²) in [5.41, 5.74) is 3.91. The molecule has 0 radical (unpaired) electrons. The van der Waals surface area contributed by atoms with Gasteiger partial charge in [-0.3, -0.25) is 0 Å². The molecule has 0 N–H and O–H groups in total. The highest BCUT2D eigenvalue weighted by atomic mass is 28.4. The van der Waals surface area contributed by atoms with Gasteiger partial charge >= 0.3 is 0 Å². The van der Waals surface area contributed by atoms with Crippen molar-refractivity contribution < 1.29 is 9.16 Å². The molecule has 0 aliphatic carbocycles. The van der Waals surface area contributed by atoms with Gasteiger partial charge in [-0.25, -0.2) is 0 Å². The van der Waals surface area contributed by atoms with E-state index in [0.717, 1.165) is 19.5 Å². The van der Waals surface area contributed by atoms with Crippen molar-refractivity contribution in [2.75, 3.05) is 24.6 Å². The summed E-state index contributed by atoms with van der Waals surface area (Å²) < 4.78 is 12.5. The Morgan fingerprint density at radius 3 is 2.64 bits per heavy atom. The van der Waals surface area contributed by atoms with E-state index in [-0.39, 0.29) is 11.1 Å². The second-order valence-electron chi connectivity index (χ2n) is 8.38. The molecule has 140 valence electrons. The largest absolute Gasteiger partial charge is 0.412 e. The van der Waals surface area contributed by atoms with Crippen LogP contribution >= 0.6 is 0 Å². The van der Waals surface area contributed by atoms with Crippen molar-refractivity contribution in [2.24, 2.45) is 0 Å². The Morgan fingerprint density at radius 2 is 2.04 bits per heavy atom. The number of nitrogens with zero attached hydrogens (tertiary/aromatic N) is 1. The Hall–Kier alpha value is -1.10. The molecule has 0 saturated heterocycles. The molecule has 1 unspecified atom stereocenters. The van der Waals surface area contributed by atoms with E-state index in [1.54, 1.807) is 0 Å². The highest BCUT2D eigenvalue weighted by Gasteiger charge is 2.37. The van der Waals surface area contributed by atoms with Crippen LogP contribution in [0.15, 0.2) is 30.9 Å². The molecule has 1 aromatic carbocycles. The summed E-state index contributed by atoms with van der Waals surface area (Å²) in [5, 5.41) is 0.224. The fraction of sp³-hybridized carbons (Fsp3) is 0.619. The van der Waals surface area contributed by atoms with Crippen LogP contribution in [0.3, 0.4) is 0 Å². The van der Waals surface area contributed by atoms with Gasteiger partial charge in [-0.05, 0) is 31.5 Å². The number of anilines is 1. The summed E-state index contributed by atoms with van der Waals surface area (Å²) in [5.74, 6) is 0. The monoisotopic (exact) mass is 361 g/mol. The molecular weight excluding hydrogens is 326 g/mol. The van der Waals surface area contributed by atoms with Gasteiger partial charge in [0.2, 0.25) is 0 Å². The fourth-order valence-corrected chi connectivity index (χ4v) is 4.01. The fourth-order valence-electron chi connectivity index (χ4n) is 3.06. The first-order valence-electron chi connectivity index (χ1n) is 9.44. The normalized spacial score (nSPS) is 18.2. The molecule has 2 rings (SSSR count). The number of benzene rings is 1. The lowest BCUT2D eigenvalue weighted by Crippen LogP contribution is -2.40. The number of rotatable bonds is 7. The molecule has 3 nitrogen and oxygen atoms in total. The van der Waals surface area contributed by atoms with Gasteiger partial charge in [0.1, 0.15) is 0 Å². The minimum atomic E-state index is -1.77. The Balaban J connectivity index is 2.29. The standard InChI is InChI=1S/C21H35NO2Si/c1-8-15-23-19-13-14-22(9-2)20-17(11-10-12-18(19)20)16-24-25(6,7)21(3,4)5/h8,10-12,19H,1,9,13-16H2,2-7H3. The van der Waals surface area contributed by atoms with Crippen LogP contribution in [0.5, 0.6) is 0 Å². The zero-order valence-corrected chi connectivity index (χ0v) is 17.9. The lowest BCUT2D eigenvalue weighted by Gasteiger charge is -2.39. The van der Waals surface area contributed by atoms with Crippen LogP contribution in [0.25, 0.3) is 0 Å².